The number of nitrogens with two attached hydrogens (primary N) is 1. The lowest BCUT2D eigenvalue weighted by atomic mass is 9.99. The van der Waals surface area contributed by atoms with Crippen molar-refractivity contribution in [3.63, 3.8) is 0 Å². The van der Waals surface area contributed by atoms with Crippen molar-refractivity contribution in [3.05, 3.63) is 59.4 Å². The Labute approximate surface area is 135 Å². The number of hydrogen-bond acceptors (Lipinski definition) is 2. The minimum absolute atomic E-state index is 0.237. The standard InChI is InChI=1S/C18H22FN3O/c1-3-12(2)14-5-7-15(8-6-14)22-18(20)21-11-13-4-9-17(23)16(19)10-13/h4-10,12,23H,3,11H2,1-2H3,(H3,20,21,22). The summed E-state index contributed by atoms with van der Waals surface area (Å²) in [5.74, 6) is -0.246. The quantitative estimate of drug-likeness (QED) is 0.577. The first kappa shape index (κ1) is 16.8. The molecule has 2 aromatic carbocycles. The summed E-state index contributed by atoms with van der Waals surface area (Å²) >= 11 is 0. The van der Waals surface area contributed by atoms with Gasteiger partial charge >= 0.3 is 0 Å². The first-order chi connectivity index (χ1) is 11.0. The van der Waals surface area contributed by atoms with Crippen molar-refractivity contribution in [3.8, 4) is 5.75 Å². The van der Waals surface area contributed by atoms with Crippen molar-refractivity contribution in [1.82, 2.24) is 0 Å². The Balaban J connectivity index is 1.97. The third-order valence-electron chi connectivity index (χ3n) is 3.81. The summed E-state index contributed by atoms with van der Waals surface area (Å²) in [7, 11) is 0. The van der Waals surface area contributed by atoms with Crippen LogP contribution in [-0.4, -0.2) is 11.1 Å². The number of anilines is 1. The van der Waals surface area contributed by atoms with Crippen LogP contribution in [0.4, 0.5) is 10.1 Å². The molecule has 0 saturated heterocycles. The van der Waals surface area contributed by atoms with Gasteiger partial charge in [0.25, 0.3) is 0 Å². The van der Waals surface area contributed by atoms with Gasteiger partial charge in [0.1, 0.15) is 0 Å². The molecule has 0 aliphatic heterocycles. The van der Waals surface area contributed by atoms with Crippen molar-refractivity contribution in [2.24, 2.45) is 10.7 Å². The van der Waals surface area contributed by atoms with Gasteiger partial charge < -0.3 is 16.2 Å². The summed E-state index contributed by atoms with van der Waals surface area (Å²) in [4.78, 5) is 4.17. The Morgan fingerprint density at radius 1 is 1.26 bits per heavy atom. The van der Waals surface area contributed by atoms with Crippen LogP contribution in [0.1, 0.15) is 37.3 Å². The van der Waals surface area contributed by atoms with Crippen LogP contribution in [0.15, 0.2) is 47.5 Å². The summed E-state index contributed by atoms with van der Waals surface area (Å²) in [6.07, 6.45) is 1.10. The van der Waals surface area contributed by atoms with E-state index in [9.17, 15) is 4.39 Å². The molecular weight excluding hydrogens is 293 g/mol. The number of phenolic OH excluding ortho intramolecular Hbond substituents is 1. The van der Waals surface area contributed by atoms with Gasteiger partial charge in [-0.2, -0.15) is 0 Å². The van der Waals surface area contributed by atoms with E-state index in [1.807, 2.05) is 12.1 Å². The lowest BCUT2D eigenvalue weighted by Gasteiger charge is -2.11. The highest BCUT2D eigenvalue weighted by molar-refractivity contribution is 5.92. The molecule has 0 amide bonds. The summed E-state index contributed by atoms with van der Waals surface area (Å²) in [6.45, 7) is 4.59. The van der Waals surface area contributed by atoms with E-state index in [2.05, 4.69) is 36.3 Å². The normalized spacial score (nSPS) is 12.9. The highest BCUT2D eigenvalue weighted by atomic mass is 19.1. The van der Waals surface area contributed by atoms with E-state index < -0.39 is 5.82 Å². The average molecular weight is 315 g/mol. The fraction of sp³-hybridized carbons (Fsp3) is 0.278. The molecule has 0 saturated carbocycles. The predicted molar refractivity (Wildman–Crippen MR) is 92.2 cm³/mol. The van der Waals surface area contributed by atoms with E-state index in [4.69, 9.17) is 10.8 Å². The fourth-order valence-corrected chi connectivity index (χ4v) is 2.14. The number of halogens is 1. The number of benzene rings is 2. The average Bonchev–Trinajstić information content (AvgIpc) is 2.56. The van der Waals surface area contributed by atoms with Crippen molar-refractivity contribution in [2.45, 2.75) is 32.7 Å². The minimum Gasteiger partial charge on any atom is -0.505 e. The number of nitrogens with zero attached hydrogens (tertiary/aromatic N) is 1. The molecule has 4 N–H and O–H groups in total. The van der Waals surface area contributed by atoms with Crippen LogP contribution in [0.3, 0.4) is 0 Å². The van der Waals surface area contributed by atoms with E-state index in [-0.39, 0.29) is 18.3 Å². The van der Waals surface area contributed by atoms with Crippen LogP contribution < -0.4 is 11.1 Å². The third-order valence-corrected chi connectivity index (χ3v) is 3.81. The summed E-state index contributed by atoms with van der Waals surface area (Å²) in [5, 5.41) is 12.2. The molecule has 5 heteroatoms. The zero-order valence-electron chi connectivity index (χ0n) is 13.4. The van der Waals surface area contributed by atoms with E-state index >= 15 is 0 Å². The van der Waals surface area contributed by atoms with E-state index in [0.29, 0.717) is 11.5 Å². The zero-order valence-corrected chi connectivity index (χ0v) is 13.4. The molecular formula is C18H22FN3O. The van der Waals surface area contributed by atoms with Crippen LogP contribution in [-0.2, 0) is 6.54 Å². The van der Waals surface area contributed by atoms with Crippen LogP contribution >= 0.6 is 0 Å². The number of nitrogens with one attached hydrogen (secondary N) is 1. The van der Waals surface area contributed by atoms with Gasteiger partial charge in [0, 0.05) is 5.69 Å². The van der Waals surface area contributed by atoms with E-state index in [1.54, 1.807) is 6.07 Å². The van der Waals surface area contributed by atoms with Gasteiger partial charge in [-0.05, 0) is 47.7 Å². The Hall–Kier alpha value is -2.56. The molecule has 0 radical (unpaired) electrons. The van der Waals surface area contributed by atoms with Crippen molar-refractivity contribution in [2.75, 3.05) is 5.32 Å². The molecule has 0 fully saturated rings. The maximum Gasteiger partial charge on any atom is 0.193 e. The SMILES string of the molecule is CCC(C)c1ccc(NC(N)=NCc2ccc(O)c(F)c2)cc1. The second-order valence-electron chi connectivity index (χ2n) is 5.54. The molecule has 2 rings (SSSR count). The second-order valence-corrected chi connectivity index (χ2v) is 5.54. The molecule has 23 heavy (non-hydrogen) atoms. The summed E-state index contributed by atoms with van der Waals surface area (Å²) in [6, 6.07) is 12.2. The van der Waals surface area contributed by atoms with Crippen LogP contribution in [0.2, 0.25) is 0 Å². The predicted octanol–water partition coefficient (Wildman–Crippen LogP) is 3.97. The van der Waals surface area contributed by atoms with Crippen molar-refractivity contribution in [1.29, 1.82) is 0 Å². The highest BCUT2D eigenvalue weighted by Gasteiger charge is 2.03. The lowest BCUT2D eigenvalue weighted by molar-refractivity contribution is 0.432. The molecule has 0 bridgehead atoms. The second kappa shape index (κ2) is 7.63. The number of aliphatic imine (C=N–C) groups is 1. The molecule has 1 unspecified atom stereocenters. The largest absolute Gasteiger partial charge is 0.505 e. The summed E-state index contributed by atoms with van der Waals surface area (Å²) in [5.41, 5.74) is 8.62. The van der Waals surface area contributed by atoms with Crippen LogP contribution in [0, 0.1) is 5.82 Å². The number of aromatic hydroxyl groups is 1. The summed E-state index contributed by atoms with van der Waals surface area (Å²) < 4.78 is 13.2. The van der Waals surface area contributed by atoms with Crippen LogP contribution in [0.5, 0.6) is 5.75 Å². The minimum atomic E-state index is -0.662. The van der Waals surface area contributed by atoms with E-state index in [0.717, 1.165) is 12.1 Å². The van der Waals surface area contributed by atoms with Gasteiger partial charge in [0.15, 0.2) is 17.5 Å². The number of rotatable bonds is 5. The Morgan fingerprint density at radius 3 is 2.57 bits per heavy atom. The molecule has 0 aromatic heterocycles. The fourth-order valence-electron chi connectivity index (χ4n) is 2.14. The molecule has 122 valence electrons. The monoisotopic (exact) mass is 315 g/mol. The Morgan fingerprint density at radius 2 is 1.96 bits per heavy atom. The maximum atomic E-state index is 13.2. The molecule has 1 atom stereocenters. The van der Waals surface area contributed by atoms with Crippen LogP contribution in [0.25, 0.3) is 0 Å². The zero-order chi connectivity index (χ0) is 16.8. The highest BCUT2D eigenvalue weighted by Crippen LogP contribution is 2.20. The van der Waals surface area contributed by atoms with Gasteiger partial charge in [0.2, 0.25) is 0 Å². The first-order valence-corrected chi connectivity index (χ1v) is 7.64. The van der Waals surface area contributed by atoms with Gasteiger partial charge in [-0.15, -0.1) is 0 Å². The first-order valence-electron chi connectivity index (χ1n) is 7.64. The molecule has 0 aliphatic rings. The number of guanidine groups is 1. The number of hydrogen-bond donors (Lipinski definition) is 3. The smallest absolute Gasteiger partial charge is 0.193 e. The molecule has 2 aromatic rings. The van der Waals surface area contributed by atoms with Gasteiger partial charge in [-0.25, -0.2) is 9.38 Å². The third kappa shape index (κ3) is 4.71. The number of phenols is 1. The van der Waals surface area contributed by atoms with Crippen molar-refractivity contribution < 1.29 is 9.50 Å². The topological polar surface area (TPSA) is 70.6 Å². The molecule has 0 spiro atoms. The maximum absolute atomic E-state index is 13.2. The molecule has 4 nitrogen and oxygen atoms in total. The molecule has 0 aliphatic carbocycles. The lowest BCUT2D eigenvalue weighted by Crippen LogP contribution is -2.22. The van der Waals surface area contributed by atoms with Gasteiger partial charge in [-0.1, -0.05) is 32.0 Å². The molecule has 0 heterocycles. The van der Waals surface area contributed by atoms with Gasteiger partial charge in [-0.3, -0.25) is 0 Å². The Bertz CT molecular complexity index is 683. The van der Waals surface area contributed by atoms with E-state index in [1.165, 1.54) is 17.7 Å². The van der Waals surface area contributed by atoms with Crippen molar-refractivity contribution >= 4 is 11.6 Å². The van der Waals surface area contributed by atoms with Gasteiger partial charge in [0.05, 0.1) is 6.54 Å². The Kier molecular flexibility index (Phi) is 5.57.